The molecule has 1 amide bonds. The summed E-state index contributed by atoms with van der Waals surface area (Å²) in [5.74, 6) is -1.42. The van der Waals surface area contributed by atoms with Gasteiger partial charge in [-0.1, -0.05) is 0 Å². The van der Waals surface area contributed by atoms with Gasteiger partial charge in [-0.25, -0.2) is 4.98 Å². The number of nitrogens with zero attached hydrogens (tertiary/aromatic N) is 3. The van der Waals surface area contributed by atoms with Gasteiger partial charge in [0.25, 0.3) is 5.91 Å². The molecule has 2 rings (SSSR count). The van der Waals surface area contributed by atoms with Gasteiger partial charge in [-0.2, -0.15) is 5.10 Å². The third-order valence-electron chi connectivity index (χ3n) is 3.66. The van der Waals surface area contributed by atoms with Crippen LogP contribution in [0.1, 0.15) is 42.9 Å². The van der Waals surface area contributed by atoms with Crippen LogP contribution in [0.3, 0.4) is 0 Å². The van der Waals surface area contributed by atoms with Gasteiger partial charge in [0, 0.05) is 35.1 Å². The van der Waals surface area contributed by atoms with Crippen LogP contribution in [0.5, 0.6) is 5.75 Å². The number of nitrogens with one attached hydrogen (secondary N) is 1. The molecule has 2 N–H and O–H groups in total. The van der Waals surface area contributed by atoms with E-state index in [-0.39, 0.29) is 30.6 Å². The second-order valence-electron chi connectivity index (χ2n) is 5.78. The lowest BCUT2D eigenvalue weighted by molar-refractivity contribution is -0.141. The van der Waals surface area contributed by atoms with Gasteiger partial charge in [0.15, 0.2) is 5.69 Å². The van der Waals surface area contributed by atoms with Crippen LogP contribution in [-0.2, 0) is 9.53 Å². The molecule has 8 nitrogen and oxygen atoms in total. The monoisotopic (exact) mass is 346 g/mol. The third kappa shape index (κ3) is 4.14. The first-order valence-corrected chi connectivity index (χ1v) is 8.02. The molecule has 0 bridgehead atoms. The van der Waals surface area contributed by atoms with Crippen LogP contribution in [0, 0.1) is 6.92 Å². The van der Waals surface area contributed by atoms with Gasteiger partial charge < -0.3 is 15.2 Å². The molecule has 0 aliphatic rings. The molecule has 0 saturated heterocycles. The van der Waals surface area contributed by atoms with Gasteiger partial charge in [-0.15, -0.1) is 0 Å². The lowest BCUT2D eigenvalue weighted by atomic mass is 10.0. The molecule has 0 aliphatic carbocycles. The Labute approximate surface area is 145 Å². The van der Waals surface area contributed by atoms with E-state index in [1.54, 1.807) is 24.7 Å². The summed E-state index contributed by atoms with van der Waals surface area (Å²) >= 11 is 0. The third-order valence-corrected chi connectivity index (χ3v) is 3.66. The molecular weight excluding hydrogens is 324 g/mol. The maximum absolute atomic E-state index is 12.1. The highest BCUT2D eigenvalue weighted by molar-refractivity contribution is 5.97. The molecule has 0 unspecified atom stereocenters. The molecule has 0 aromatic carbocycles. The first-order valence-electron chi connectivity index (χ1n) is 8.02. The van der Waals surface area contributed by atoms with E-state index in [1.807, 2.05) is 20.0 Å². The summed E-state index contributed by atoms with van der Waals surface area (Å²) in [5, 5.41) is 17.0. The largest absolute Gasteiger partial charge is 0.505 e. The molecule has 0 spiro atoms. The maximum atomic E-state index is 12.1. The number of carbonyl (C=O) groups is 2. The van der Waals surface area contributed by atoms with Crippen molar-refractivity contribution in [3.8, 4) is 16.9 Å². The number of aromatic hydroxyl groups is 1. The fraction of sp³-hybridized carbons (Fsp3) is 0.412. The summed E-state index contributed by atoms with van der Waals surface area (Å²) in [7, 11) is 0. The zero-order chi connectivity index (χ0) is 18.6. The van der Waals surface area contributed by atoms with Gasteiger partial charge in [0.1, 0.15) is 12.3 Å². The van der Waals surface area contributed by atoms with Crippen LogP contribution in [0.25, 0.3) is 11.1 Å². The number of rotatable bonds is 6. The summed E-state index contributed by atoms with van der Waals surface area (Å²) in [6.07, 6.45) is 5.05. The van der Waals surface area contributed by atoms with E-state index in [2.05, 4.69) is 15.4 Å². The lowest BCUT2D eigenvalue weighted by Crippen LogP contribution is -2.31. The predicted octanol–water partition coefficient (Wildman–Crippen LogP) is 1.83. The van der Waals surface area contributed by atoms with Crippen molar-refractivity contribution >= 4 is 11.9 Å². The second kappa shape index (κ2) is 7.78. The normalized spacial score (nSPS) is 10.8. The topological polar surface area (TPSA) is 106 Å². The quantitative estimate of drug-likeness (QED) is 0.773. The van der Waals surface area contributed by atoms with Gasteiger partial charge in [0.2, 0.25) is 0 Å². The van der Waals surface area contributed by atoms with Crippen LogP contribution in [-0.4, -0.2) is 44.9 Å². The highest BCUT2D eigenvalue weighted by atomic mass is 16.5. The van der Waals surface area contributed by atoms with Crippen molar-refractivity contribution < 1.29 is 19.4 Å². The standard InChI is InChI=1S/C17H22N4O4/c1-5-25-14(22)8-19-17(24)15-16(23)11(4)13(7-18-15)12-6-20-21(9-12)10(2)3/h6-7,9-10,23H,5,8H2,1-4H3,(H,19,24). The predicted molar refractivity (Wildman–Crippen MR) is 91.2 cm³/mol. The minimum atomic E-state index is -0.641. The first kappa shape index (κ1) is 18.4. The van der Waals surface area contributed by atoms with Crippen molar-refractivity contribution in [1.82, 2.24) is 20.1 Å². The number of hydrogen-bond acceptors (Lipinski definition) is 6. The summed E-state index contributed by atoms with van der Waals surface area (Å²) in [4.78, 5) is 27.5. The molecule has 0 aliphatic heterocycles. The molecule has 2 aromatic heterocycles. The molecule has 8 heteroatoms. The van der Waals surface area contributed by atoms with E-state index >= 15 is 0 Å². The average Bonchev–Trinajstić information content (AvgIpc) is 3.05. The van der Waals surface area contributed by atoms with Crippen LogP contribution < -0.4 is 5.32 Å². The molecule has 0 fully saturated rings. The molecule has 2 heterocycles. The van der Waals surface area contributed by atoms with Crippen LogP contribution in [0.2, 0.25) is 0 Å². The molecule has 0 radical (unpaired) electrons. The highest BCUT2D eigenvalue weighted by Crippen LogP contribution is 2.30. The average molecular weight is 346 g/mol. The zero-order valence-corrected chi connectivity index (χ0v) is 14.7. The molecule has 0 atom stereocenters. The summed E-state index contributed by atoms with van der Waals surface area (Å²) < 4.78 is 6.53. The molecule has 0 saturated carbocycles. The molecule has 134 valence electrons. The number of amides is 1. The number of hydrogen-bond donors (Lipinski definition) is 2. The van der Waals surface area contributed by atoms with Crippen molar-refractivity contribution in [2.24, 2.45) is 0 Å². The first-order chi connectivity index (χ1) is 11.8. The Morgan fingerprint density at radius 2 is 2.08 bits per heavy atom. The number of carbonyl (C=O) groups excluding carboxylic acids is 2. The van der Waals surface area contributed by atoms with E-state index in [0.29, 0.717) is 11.1 Å². The van der Waals surface area contributed by atoms with Crippen molar-refractivity contribution in [3.05, 3.63) is 29.8 Å². The van der Waals surface area contributed by atoms with Crippen molar-refractivity contribution in [1.29, 1.82) is 0 Å². The SMILES string of the molecule is CCOC(=O)CNC(=O)c1ncc(-c2cnn(C(C)C)c2)c(C)c1O. The number of aromatic nitrogens is 3. The number of pyridine rings is 1. The van der Waals surface area contributed by atoms with Gasteiger partial charge in [-0.05, 0) is 27.7 Å². The number of esters is 1. The minimum absolute atomic E-state index is 0.137. The Morgan fingerprint density at radius 1 is 1.36 bits per heavy atom. The summed E-state index contributed by atoms with van der Waals surface area (Å²) in [6.45, 7) is 7.34. The van der Waals surface area contributed by atoms with Crippen molar-refractivity contribution in [2.45, 2.75) is 33.7 Å². The van der Waals surface area contributed by atoms with Crippen LogP contribution in [0.4, 0.5) is 0 Å². The Balaban J connectivity index is 2.21. The summed E-state index contributed by atoms with van der Waals surface area (Å²) in [6, 6.07) is 0.212. The molecule has 2 aromatic rings. The van der Waals surface area contributed by atoms with Gasteiger partial charge in [-0.3, -0.25) is 14.3 Å². The van der Waals surface area contributed by atoms with Crippen LogP contribution >= 0.6 is 0 Å². The van der Waals surface area contributed by atoms with Gasteiger partial charge >= 0.3 is 5.97 Å². The van der Waals surface area contributed by atoms with E-state index in [0.717, 1.165) is 5.56 Å². The Bertz CT molecular complexity index is 783. The number of ether oxygens (including phenoxy) is 1. The minimum Gasteiger partial charge on any atom is -0.505 e. The smallest absolute Gasteiger partial charge is 0.325 e. The van der Waals surface area contributed by atoms with Crippen LogP contribution in [0.15, 0.2) is 18.6 Å². The Morgan fingerprint density at radius 3 is 2.68 bits per heavy atom. The van der Waals surface area contributed by atoms with E-state index in [9.17, 15) is 14.7 Å². The lowest BCUT2D eigenvalue weighted by Gasteiger charge is -2.10. The van der Waals surface area contributed by atoms with E-state index in [4.69, 9.17) is 4.74 Å². The Hall–Kier alpha value is -2.90. The van der Waals surface area contributed by atoms with Crippen molar-refractivity contribution in [2.75, 3.05) is 13.2 Å². The fourth-order valence-electron chi connectivity index (χ4n) is 2.26. The zero-order valence-electron chi connectivity index (χ0n) is 14.7. The maximum Gasteiger partial charge on any atom is 0.325 e. The second-order valence-corrected chi connectivity index (χ2v) is 5.78. The van der Waals surface area contributed by atoms with Crippen molar-refractivity contribution in [3.63, 3.8) is 0 Å². The summed E-state index contributed by atoms with van der Waals surface area (Å²) in [5.41, 5.74) is 1.86. The Kier molecular flexibility index (Phi) is 5.74. The van der Waals surface area contributed by atoms with E-state index in [1.165, 1.54) is 6.20 Å². The molecular formula is C17H22N4O4. The fourth-order valence-corrected chi connectivity index (χ4v) is 2.26. The molecule has 25 heavy (non-hydrogen) atoms. The van der Waals surface area contributed by atoms with E-state index < -0.39 is 11.9 Å². The van der Waals surface area contributed by atoms with Gasteiger partial charge in [0.05, 0.1) is 12.8 Å². The highest BCUT2D eigenvalue weighted by Gasteiger charge is 2.19.